The van der Waals surface area contributed by atoms with Crippen LogP contribution < -0.4 is 14.4 Å². The van der Waals surface area contributed by atoms with Gasteiger partial charge < -0.3 is 19.3 Å². The lowest BCUT2D eigenvalue weighted by molar-refractivity contribution is 0.0767. The lowest BCUT2D eigenvalue weighted by atomic mass is 10.2. The second-order valence-corrected chi connectivity index (χ2v) is 7.66. The number of nitrogens with zero attached hydrogens (tertiary/aromatic N) is 4. The van der Waals surface area contributed by atoms with E-state index in [0.29, 0.717) is 48.4 Å². The third kappa shape index (κ3) is 5.08. The average Bonchev–Trinajstić information content (AvgIpc) is 3.08. The number of benzene rings is 2. The molecule has 1 aliphatic heterocycles. The van der Waals surface area contributed by atoms with Gasteiger partial charge in [0.1, 0.15) is 29.5 Å². The zero-order valence-corrected chi connectivity index (χ0v) is 18.3. The number of carbonyl (C=O) groups excluding carboxylic acids is 1. The van der Waals surface area contributed by atoms with E-state index in [-0.39, 0.29) is 10.9 Å². The van der Waals surface area contributed by atoms with Gasteiger partial charge in [0.05, 0.1) is 12.1 Å². The Labute approximate surface area is 190 Å². The highest BCUT2D eigenvalue weighted by Crippen LogP contribution is 2.27. The highest BCUT2D eigenvalue weighted by molar-refractivity contribution is 6.30. The number of halogens is 2. The molecule has 0 unspecified atom stereocenters. The summed E-state index contributed by atoms with van der Waals surface area (Å²) in [4.78, 5) is 25.3. The van der Waals surface area contributed by atoms with Gasteiger partial charge in [-0.15, -0.1) is 0 Å². The van der Waals surface area contributed by atoms with Crippen LogP contribution >= 0.6 is 11.6 Å². The van der Waals surface area contributed by atoms with Crippen molar-refractivity contribution in [1.82, 2.24) is 14.9 Å². The van der Waals surface area contributed by atoms with Crippen molar-refractivity contribution in [3.63, 3.8) is 0 Å². The number of ether oxygens (including phenoxy) is 2. The first-order chi connectivity index (χ1) is 15.5. The number of rotatable bonds is 5. The van der Waals surface area contributed by atoms with Gasteiger partial charge in [-0.2, -0.15) is 0 Å². The van der Waals surface area contributed by atoms with Crippen molar-refractivity contribution in [3.8, 4) is 17.4 Å². The number of aromatic nitrogens is 2. The molecule has 0 aliphatic carbocycles. The Balaban J connectivity index is 1.42. The number of amides is 1. The SMILES string of the molecule is COc1ccc(C(=O)N2CCCN(c3cc(Oc4ccc(F)c(Cl)c4)ncn3)CC2)cc1. The van der Waals surface area contributed by atoms with Crippen LogP contribution in [0.25, 0.3) is 0 Å². The van der Waals surface area contributed by atoms with E-state index in [1.54, 1.807) is 37.4 Å². The van der Waals surface area contributed by atoms with Gasteiger partial charge in [0.15, 0.2) is 0 Å². The van der Waals surface area contributed by atoms with E-state index in [1.807, 2.05) is 4.90 Å². The van der Waals surface area contributed by atoms with Crippen LogP contribution in [-0.4, -0.2) is 54.1 Å². The van der Waals surface area contributed by atoms with Crippen LogP contribution in [0.2, 0.25) is 5.02 Å². The topological polar surface area (TPSA) is 67.8 Å². The van der Waals surface area contributed by atoms with Crippen LogP contribution in [0.5, 0.6) is 17.4 Å². The molecule has 9 heteroatoms. The highest BCUT2D eigenvalue weighted by Gasteiger charge is 2.21. The fraction of sp³-hybridized carbons (Fsp3) is 0.261. The Kier molecular flexibility index (Phi) is 6.70. The van der Waals surface area contributed by atoms with Crippen LogP contribution in [-0.2, 0) is 0 Å². The van der Waals surface area contributed by atoms with Crippen LogP contribution in [0.4, 0.5) is 10.2 Å². The van der Waals surface area contributed by atoms with Gasteiger partial charge in [0.2, 0.25) is 5.88 Å². The molecule has 0 spiro atoms. The second kappa shape index (κ2) is 9.82. The summed E-state index contributed by atoms with van der Waals surface area (Å²) in [6.45, 7) is 2.59. The number of hydrogen-bond acceptors (Lipinski definition) is 6. The van der Waals surface area contributed by atoms with Gasteiger partial charge >= 0.3 is 0 Å². The summed E-state index contributed by atoms with van der Waals surface area (Å²) in [5.74, 6) is 1.60. The van der Waals surface area contributed by atoms with Crippen molar-refractivity contribution in [1.29, 1.82) is 0 Å². The molecule has 0 saturated carbocycles. The van der Waals surface area contributed by atoms with Crippen LogP contribution in [0.3, 0.4) is 0 Å². The van der Waals surface area contributed by atoms with Crippen LogP contribution in [0, 0.1) is 5.82 Å². The molecular weight excluding hydrogens is 435 g/mol. The fourth-order valence-corrected chi connectivity index (χ4v) is 3.66. The van der Waals surface area contributed by atoms with E-state index < -0.39 is 5.82 Å². The van der Waals surface area contributed by atoms with Crippen molar-refractivity contribution >= 4 is 23.3 Å². The fourth-order valence-electron chi connectivity index (χ4n) is 3.49. The lowest BCUT2D eigenvalue weighted by Crippen LogP contribution is -2.35. The molecule has 1 fully saturated rings. The number of anilines is 1. The van der Waals surface area contributed by atoms with Crippen LogP contribution in [0.1, 0.15) is 16.8 Å². The summed E-state index contributed by atoms with van der Waals surface area (Å²) in [6, 6.07) is 13.0. The maximum absolute atomic E-state index is 13.4. The Morgan fingerprint density at radius 3 is 2.53 bits per heavy atom. The quantitative estimate of drug-likeness (QED) is 0.566. The molecule has 2 heterocycles. The molecule has 2 aromatic carbocycles. The molecule has 3 aromatic rings. The van der Waals surface area contributed by atoms with E-state index in [2.05, 4.69) is 14.9 Å². The highest BCUT2D eigenvalue weighted by atomic mass is 35.5. The summed E-state index contributed by atoms with van der Waals surface area (Å²) in [6.07, 6.45) is 2.22. The Morgan fingerprint density at radius 1 is 1.00 bits per heavy atom. The first-order valence-corrected chi connectivity index (χ1v) is 10.5. The van der Waals surface area contributed by atoms with E-state index in [1.165, 1.54) is 24.5 Å². The molecule has 32 heavy (non-hydrogen) atoms. The zero-order chi connectivity index (χ0) is 22.5. The smallest absolute Gasteiger partial charge is 0.253 e. The minimum Gasteiger partial charge on any atom is -0.497 e. The molecule has 1 aliphatic rings. The normalized spacial score (nSPS) is 14.1. The number of hydrogen-bond donors (Lipinski definition) is 0. The van der Waals surface area contributed by atoms with Gasteiger partial charge in [-0.05, 0) is 42.8 Å². The molecule has 4 rings (SSSR count). The molecule has 7 nitrogen and oxygen atoms in total. The van der Waals surface area contributed by atoms with Crippen LogP contribution in [0.15, 0.2) is 54.9 Å². The molecule has 0 bridgehead atoms. The van der Waals surface area contributed by atoms with Crippen molar-refractivity contribution in [3.05, 3.63) is 71.3 Å². The predicted octanol–water partition coefficient (Wildman–Crippen LogP) is 4.42. The molecule has 0 N–H and O–H groups in total. The molecule has 166 valence electrons. The summed E-state index contributed by atoms with van der Waals surface area (Å²) in [5, 5.41) is -0.0223. The summed E-state index contributed by atoms with van der Waals surface area (Å²) < 4.78 is 24.2. The third-order valence-corrected chi connectivity index (χ3v) is 5.47. The third-order valence-electron chi connectivity index (χ3n) is 5.19. The van der Waals surface area contributed by atoms with E-state index in [9.17, 15) is 9.18 Å². The molecule has 1 aromatic heterocycles. The first kappa shape index (κ1) is 21.8. The maximum Gasteiger partial charge on any atom is 0.253 e. The summed E-state index contributed by atoms with van der Waals surface area (Å²) >= 11 is 5.82. The van der Waals surface area contributed by atoms with Crippen molar-refractivity contribution in [2.75, 3.05) is 38.2 Å². The van der Waals surface area contributed by atoms with E-state index >= 15 is 0 Å². The monoisotopic (exact) mass is 456 g/mol. The Bertz CT molecular complexity index is 1100. The largest absolute Gasteiger partial charge is 0.497 e. The summed E-state index contributed by atoms with van der Waals surface area (Å²) in [5.41, 5.74) is 0.634. The Hall–Kier alpha value is -3.39. The summed E-state index contributed by atoms with van der Waals surface area (Å²) in [7, 11) is 1.60. The number of carbonyl (C=O) groups is 1. The van der Waals surface area contributed by atoms with Crippen molar-refractivity contribution in [2.24, 2.45) is 0 Å². The van der Waals surface area contributed by atoms with Crippen molar-refractivity contribution < 1.29 is 18.7 Å². The van der Waals surface area contributed by atoms with Gasteiger partial charge in [-0.1, -0.05) is 11.6 Å². The van der Waals surface area contributed by atoms with E-state index in [4.69, 9.17) is 21.1 Å². The molecule has 0 radical (unpaired) electrons. The second-order valence-electron chi connectivity index (χ2n) is 7.25. The minimum atomic E-state index is -0.513. The average molecular weight is 457 g/mol. The van der Waals surface area contributed by atoms with Gasteiger partial charge in [0.25, 0.3) is 5.91 Å². The molecule has 1 amide bonds. The Morgan fingerprint density at radius 2 is 1.78 bits per heavy atom. The minimum absolute atomic E-state index is 0.00518. The molecular formula is C23H22ClFN4O3. The maximum atomic E-state index is 13.4. The standard InChI is InChI=1S/C23H22ClFN4O3/c1-31-17-5-3-16(4-6-17)23(30)29-10-2-9-28(11-12-29)21-14-22(27-15-26-21)32-18-7-8-20(25)19(24)13-18/h3-8,13-15H,2,9-12H2,1H3. The predicted molar refractivity (Wildman–Crippen MR) is 119 cm³/mol. The zero-order valence-electron chi connectivity index (χ0n) is 17.5. The van der Waals surface area contributed by atoms with Gasteiger partial charge in [0, 0.05) is 43.9 Å². The van der Waals surface area contributed by atoms with Gasteiger partial charge in [-0.25, -0.2) is 14.4 Å². The van der Waals surface area contributed by atoms with Crippen molar-refractivity contribution in [2.45, 2.75) is 6.42 Å². The molecule has 0 atom stereocenters. The molecule has 1 saturated heterocycles. The van der Waals surface area contributed by atoms with E-state index in [0.717, 1.165) is 13.0 Å². The number of methoxy groups -OCH3 is 1. The first-order valence-electron chi connectivity index (χ1n) is 10.2. The lowest BCUT2D eigenvalue weighted by Gasteiger charge is -2.23. The van der Waals surface area contributed by atoms with Gasteiger partial charge in [-0.3, -0.25) is 4.79 Å².